The third kappa shape index (κ3) is 1.53. The number of amides is 2. The van der Waals surface area contributed by atoms with Gasteiger partial charge in [-0.2, -0.15) is 0 Å². The highest BCUT2D eigenvalue weighted by atomic mass is 19.1. The number of carbonyl (C=O) groups excluding carboxylic acids is 1. The summed E-state index contributed by atoms with van der Waals surface area (Å²) in [5.74, 6) is 0.471. The van der Waals surface area contributed by atoms with Crippen LogP contribution in [0.4, 0.5) is 9.18 Å². The summed E-state index contributed by atoms with van der Waals surface area (Å²) in [6.45, 7) is 2.36. The van der Waals surface area contributed by atoms with Gasteiger partial charge in [0.1, 0.15) is 17.1 Å². The maximum atomic E-state index is 13.8. The molecule has 2 aromatic rings. The first-order chi connectivity index (χ1) is 10.5. The van der Waals surface area contributed by atoms with Crippen LogP contribution in [0.2, 0.25) is 0 Å². The monoisotopic (exact) mass is 298 g/mol. The van der Waals surface area contributed by atoms with E-state index in [1.165, 1.54) is 12.1 Å². The fourth-order valence-corrected chi connectivity index (χ4v) is 3.55. The average Bonchev–Trinajstić information content (AvgIpc) is 3.00. The Balaban J connectivity index is 2.05. The molecule has 0 saturated carbocycles. The molecule has 112 valence electrons. The molecule has 1 saturated heterocycles. The average molecular weight is 298 g/mol. The van der Waals surface area contributed by atoms with Crippen LogP contribution in [0.3, 0.4) is 0 Å². The number of carbonyl (C=O) groups is 1. The highest BCUT2D eigenvalue weighted by molar-refractivity contribution is 5.88. The number of fused-ring (bicyclic) bond motifs is 5. The van der Waals surface area contributed by atoms with Gasteiger partial charge in [-0.1, -0.05) is 6.07 Å². The molecule has 2 aliphatic rings. The molecule has 2 aromatic carbocycles. The number of aryl methyl sites for hydroxylation is 1. The number of hydrogen-bond acceptors (Lipinski definition) is 2. The quantitative estimate of drug-likeness (QED) is 0.850. The predicted octanol–water partition coefficient (Wildman–Crippen LogP) is 2.68. The van der Waals surface area contributed by atoms with E-state index in [4.69, 9.17) is 4.74 Å². The molecule has 0 aromatic heterocycles. The summed E-state index contributed by atoms with van der Waals surface area (Å²) in [7, 11) is 1.63. The van der Waals surface area contributed by atoms with Gasteiger partial charge >= 0.3 is 6.03 Å². The Bertz CT molecular complexity index is 819. The summed E-state index contributed by atoms with van der Waals surface area (Å²) in [4.78, 5) is 11.8. The van der Waals surface area contributed by atoms with Crippen molar-refractivity contribution in [2.45, 2.75) is 12.5 Å². The molecule has 1 heterocycles. The number of benzene rings is 2. The smallest absolute Gasteiger partial charge is 0.315 e. The van der Waals surface area contributed by atoms with E-state index in [0.29, 0.717) is 6.54 Å². The van der Waals surface area contributed by atoms with Crippen molar-refractivity contribution in [1.29, 1.82) is 0 Å². The number of urea groups is 1. The van der Waals surface area contributed by atoms with Crippen LogP contribution in [0.15, 0.2) is 30.3 Å². The number of methoxy groups -OCH3 is 1. The fourth-order valence-electron chi connectivity index (χ4n) is 3.55. The zero-order valence-corrected chi connectivity index (χ0v) is 12.3. The van der Waals surface area contributed by atoms with Gasteiger partial charge in [0, 0.05) is 0 Å². The van der Waals surface area contributed by atoms with Crippen molar-refractivity contribution in [1.82, 2.24) is 10.6 Å². The van der Waals surface area contributed by atoms with E-state index in [-0.39, 0.29) is 11.8 Å². The van der Waals surface area contributed by atoms with Crippen molar-refractivity contribution in [2.24, 2.45) is 0 Å². The molecule has 4 rings (SSSR count). The summed E-state index contributed by atoms with van der Waals surface area (Å²) in [5, 5.41) is 5.77. The minimum Gasteiger partial charge on any atom is -0.496 e. The lowest BCUT2D eigenvalue weighted by atomic mass is 9.87. The summed E-state index contributed by atoms with van der Waals surface area (Å²) >= 11 is 0. The summed E-state index contributed by atoms with van der Waals surface area (Å²) in [6.07, 6.45) is 0. The van der Waals surface area contributed by atoms with Gasteiger partial charge in [0.05, 0.1) is 13.7 Å². The molecule has 1 spiro atoms. The zero-order valence-electron chi connectivity index (χ0n) is 12.3. The Hall–Kier alpha value is -2.56. The predicted molar refractivity (Wildman–Crippen MR) is 80.4 cm³/mol. The van der Waals surface area contributed by atoms with E-state index in [0.717, 1.165) is 33.6 Å². The lowest BCUT2D eigenvalue weighted by Crippen LogP contribution is -2.40. The molecule has 0 bridgehead atoms. The third-order valence-electron chi connectivity index (χ3n) is 4.57. The molecule has 5 heteroatoms. The molecular weight excluding hydrogens is 283 g/mol. The van der Waals surface area contributed by atoms with E-state index < -0.39 is 5.54 Å². The molecule has 0 radical (unpaired) electrons. The Kier molecular flexibility index (Phi) is 2.52. The molecule has 1 fully saturated rings. The second-order valence-electron chi connectivity index (χ2n) is 5.77. The maximum Gasteiger partial charge on any atom is 0.315 e. The first-order valence-corrected chi connectivity index (χ1v) is 7.11. The van der Waals surface area contributed by atoms with E-state index in [1.807, 2.05) is 19.1 Å². The van der Waals surface area contributed by atoms with Gasteiger partial charge < -0.3 is 15.4 Å². The summed E-state index contributed by atoms with van der Waals surface area (Å²) in [5.41, 5.74) is 3.94. The first-order valence-electron chi connectivity index (χ1n) is 7.11. The summed E-state index contributed by atoms with van der Waals surface area (Å²) < 4.78 is 19.2. The van der Waals surface area contributed by atoms with Crippen molar-refractivity contribution in [3.63, 3.8) is 0 Å². The van der Waals surface area contributed by atoms with Crippen LogP contribution < -0.4 is 15.4 Å². The Labute approximate surface area is 127 Å². The van der Waals surface area contributed by atoms with E-state index >= 15 is 0 Å². The van der Waals surface area contributed by atoms with Gasteiger partial charge in [0.25, 0.3) is 0 Å². The lowest BCUT2D eigenvalue weighted by Gasteiger charge is -2.25. The number of nitrogens with one attached hydrogen (secondary N) is 2. The highest BCUT2D eigenvalue weighted by Crippen LogP contribution is 2.50. The zero-order chi connectivity index (χ0) is 15.5. The molecule has 2 N–H and O–H groups in total. The fraction of sp³-hybridized carbons (Fsp3) is 0.235. The Morgan fingerprint density at radius 2 is 1.95 bits per heavy atom. The minimum atomic E-state index is -0.707. The van der Waals surface area contributed by atoms with Crippen LogP contribution >= 0.6 is 0 Å². The van der Waals surface area contributed by atoms with Crippen molar-refractivity contribution in [2.75, 3.05) is 13.7 Å². The maximum absolute atomic E-state index is 13.8. The topological polar surface area (TPSA) is 50.4 Å². The van der Waals surface area contributed by atoms with Gasteiger partial charge in [0.2, 0.25) is 0 Å². The lowest BCUT2D eigenvalue weighted by molar-refractivity contribution is 0.246. The summed E-state index contributed by atoms with van der Waals surface area (Å²) in [6, 6.07) is 8.44. The standard InChI is InChI=1S/C17H15FN2O2/c1-9-5-13-12(7-15(9)22-2)11-4-3-10(18)6-14(11)17(13)8-19-16(21)20-17/h3-7H,8H2,1-2H3,(H2,19,20,21). The number of ether oxygens (including phenoxy) is 1. The van der Waals surface area contributed by atoms with Crippen LogP contribution in [0, 0.1) is 12.7 Å². The van der Waals surface area contributed by atoms with Crippen molar-refractivity contribution in [3.8, 4) is 16.9 Å². The van der Waals surface area contributed by atoms with Crippen molar-refractivity contribution >= 4 is 6.03 Å². The van der Waals surface area contributed by atoms with Crippen LogP contribution in [0.25, 0.3) is 11.1 Å². The molecule has 1 aliphatic carbocycles. The Morgan fingerprint density at radius 1 is 1.18 bits per heavy atom. The van der Waals surface area contributed by atoms with Crippen molar-refractivity contribution < 1.29 is 13.9 Å². The SMILES string of the molecule is COc1cc2c(cc1C)C1(CNC(=O)N1)c1cc(F)ccc1-2. The Morgan fingerprint density at radius 3 is 2.64 bits per heavy atom. The van der Waals surface area contributed by atoms with Crippen LogP contribution in [0.1, 0.15) is 16.7 Å². The molecule has 1 unspecified atom stereocenters. The van der Waals surface area contributed by atoms with Crippen LogP contribution in [0.5, 0.6) is 5.75 Å². The molecule has 4 nitrogen and oxygen atoms in total. The van der Waals surface area contributed by atoms with Gasteiger partial charge in [0.15, 0.2) is 0 Å². The number of hydrogen-bond donors (Lipinski definition) is 2. The molecule has 2 amide bonds. The van der Waals surface area contributed by atoms with E-state index in [9.17, 15) is 9.18 Å². The van der Waals surface area contributed by atoms with E-state index in [1.54, 1.807) is 13.2 Å². The minimum absolute atomic E-state index is 0.239. The van der Waals surface area contributed by atoms with Crippen molar-refractivity contribution in [3.05, 3.63) is 52.8 Å². The molecule has 22 heavy (non-hydrogen) atoms. The van der Waals surface area contributed by atoms with Crippen LogP contribution in [-0.4, -0.2) is 19.7 Å². The highest BCUT2D eigenvalue weighted by Gasteiger charge is 2.48. The van der Waals surface area contributed by atoms with Gasteiger partial charge in [-0.15, -0.1) is 0 Å². The second-order valence-corrected chi connectivity index (χ2v) is 5.77. The largest absolute Gasteiger partial charge is 0.496 e. The second kappa shape index (κ2) is 4.22. The van der Waals surface area contributed by atoms with Gasteiger partial charge in [-0.3, -0.25) is 0 Å². The molecule has 1 atom stereocenters. The molecular formula is C17H15FN2O2. The van der Waals surface area contributed by atoms with Gasteiger partial charge in [-0.05, 0) is 59.0 Å². The van der Waals surface area contributed by atoms with Crippen LogP contribution in [-0.2, 0) is 5.54 Å². The normalized spacial score (nSPS) is 21.3. The number of halogens is 1. The third-order valence-corrected chi connectivity index (χ3v) is 4.57. The first kappa shape index (κ1) is 13.1. The molecule has 1 aliphatic heterocycles. The number of rotatable bonds is 1. The van der Waals surface area contributed by atoms with Gasteiger partial charge in [-0.25, -0.2) is 9.18 Å². The van der Waals surface area contributed by atoms with E-state index in [2.05, 4.69) is 10.6 Å².